The minimum absolute atomic E-state index is 0.116. The molecule has 2 aromatic carbocycles. The minimum Gasteiger partial charge on any atom is -0.212 e. The monoisotopic (exact) mass is 326 g/mol. The standard InChI is InChI=1S/C18H18N2O2S/c1-13-9-18(17-8-3-2-7-16(13)17)20-23(21,22)12-15-6-4-5-14(10-15)11-19/h2-8,10,13,18,20H,9,12H2,1H3/t13-,18+/m0/s1. The van der Waals surface area contributed by atoms with Gasteiger partial charge in [-0.15, -0.1) is 0 Å². The van der Waals surface area contributed by atoms with Crippen molar-refractivity contribution in [1.82, 2.24) is 4.72 Å². The smallest absolute Gasteiger partial charge is 0.212 e. The molecule has 1 N–H and O–H groups in total. The highest BCUT2D eigenvalue weighted by atomic mass is 32.2. The highest BCUT2D eigenvalue weighted by Gasteiger charge is 2.30. The zero-order chi connectivity index (χ0) is 16.4. The fraction of sp³-hybridized carbons (Fsp3) is 0.278. The van der Waals surface area contributed by atoms with Crippen LogP contribution in [0.5, 0.6) is 0 Å². The van der Waals surface area contributed by atoms with Crippen LogP contribution in [-0.4, -0.2) is 8.42 Å². The highest BCUT2D eigenvalue weighted by Crippen LogP contribution is 2.40. The maximum Gasteiger partial charge on any atom is 0.216 e. The first kappa shape index (κ1) is 15.7. The molecule has 1 aliphatic rings. The molecule has 5 heteroatoms. The van der Waals surface area contributed by atoms with E-state index in [4.69, 9.17) is 5.26 Å². The number of sulfonamides is 1. The Morgan fingerprint density at radius 2 is 1.91 bits per heavy atom. The molecule has 4 nitrogen and oxygen atoms in total. The van der Waals surface area contributed by atoms with Gasteiger partial charge in [-0.2, -0.15) is 5.26 Å². The van der Waals surface area contributed by atoms with Crippen molar-refractivity contribution < 1.29 is 8.42 Å². The Morgan fingerprint density at radius 1 is 1.17 bits per heavy atom. The van der Waals surface area contributed by atoms with Gasteiger partial charge in [0, 0.05) is 6.04 Å². The van der Waals surface area contributed by atoms with Crippen LogP contribution in [0.25, 0.3) is 0 Å². The molecule has 0 radical (unpaired) electrons. The second-order valence-electron chi connectivity index (χ2n) is 6.01. The van der Waals surface area contributed by atoms with E-state index in [9.17, 15) is 8.42 Å². The van der Waals surface area contributed by atoms with E-state index in [0.29, 0.717) is 17.0 Å². The third-order valence-corrected chi connectivity index (χ3v) is 5.58. The highest BCUT2D eigenvalue weighted by molar-refractivity contribution is 7.88. The fourth-order valence-corrected chi connectivity index (χ4v) is 4.56. The Kier molecular flexibility index (Phi) is 4.20. The maximum absolute atomic E-state index is 12.5. The first-order valence-electron chi connectivity index (χ1n) is 7.56. The maximum atomic E-state index is 12.5. The summed E-state index contributed by atoms with van der Waals surface area (Å²) in [7, 11) is -3.47. The molecule has 0 saturated carbocycles. The van der Waals surface area contributed by atoms with Crippen LogP contribution in [0.4, 0.5) is 0 Å². The largest absolute Gasteiger partial charge is 0.216 e. The van der Waals surface area contributed by atoms with E-state index in [1.165, 1.54) is 5.56 Å². The van der Waals surface area contributed by atoms with Crippen LogP contribution in [0, 0.1) is 11.3 Å². The van der Waals surface area contributed by atoms with E-state index in [1.807, 2.05) is 24.3 Å². The zero-order valence-corrected chi connectivity index (χ0v) is 13.7. The van der Waals surface area contributed by atoms with Gasteiger partial charge in [0.2, 0.25) is 10.0 Å². The van der Waals surface area contributed by atoms with Gasteiger partial charge in [0.25, 0.3) is 0 Å². The number of benzene rings is 2. The van der Waals surface area contributed by atoms with Crippen molar-refractivity contribution in [2.24, 2.45) is 0 Å². The van der Waals surface area contributed by atoms with Crippen LogP contribution in [0.1, 0.15) is 47.6 Å². The van der Waals surface area contributed by atoms with E-state index in [2.05, 4.69) is 17.7 Å². The van der Waals surface area contributed by atoms with Gasteiger partial charge in [0.15, 0.2) is 0 Å². The van der Waals surface area contributed by atoms with Gasteiger partial charge in [-0.05, 0) is 41.2 Å². The molecule has 118 valence electrons. The molecule has 23 heavy (non-hydrogen) atoms. The predicted molar refractivity (Wildman–Crippen MR) is 89.1 cm³/mol. The van der Waals surface area contributed by atoms with E-state index < -0.39 is 10.0 Å². The van der Waals surface area contributed by atoms with E-state index in [-0.39, 0.29) is 11.8 Å². The molecule has 0 unspecified atom stereocenters. The second kappa shape index (κ2) is 6.15. The van der Waals surface area contributed by atoms with Gasteiger partial charge in [-0.25, -0.2) is 13.1 Å². The number of nitriles is 1. The first-order valence-corrected chi connectivity index (χ1v) is 9.21. The van der Waals surface area contributed by atoms with Crippen molar-refractivity contribution in [3.05, 3.63) is 70.8 Å². The van der Waals surface area contributed by atoms with Gasteiger partial charge >= 0.3 is 0 Å². The summed E-state index contributed by atoms with van der Waals surface area (Å²) in [6.07, 6.45) is 0.775. The van der Waals surface area contributed by atoms with Crippen molar-refractivity contribution in [3.63, 3.8) is 0 Å². The molecule has 1 aliphatic carbocycles. The molecular formula is C18H18N2O2S. The average molecular weight is 326 g/mol. The Labute approximate surface area is 136 Å². The van der Waals surface area contributed by atoms with E-state index in [1.54, 1.807) is 24.3 Å². The molecule has 0 aliphatic heterocycles. The van der Waals surface area contributed by atoms with Crippen LogP contribution in [0.3, 0.4) is 0 Å². The van der Waals surface area contributed by atoms with E-state index in [0.717, 1.165) is 12.0 Å². The molecule has 3 rings (SSSR count). The molecular weight excluding hydrogens is 308 g/mol. The Bertz CT molecular complexity index is 869. The summed E-state index contributed by atoms with van der Waals surface area (Å²) in [4.78, 5) is 0. The van der Waals surface area contributed by atoms with Crippen molar-refractivity contribution in [2.75, 3.05) is 0 Å². The Hall–Kier alpha value is -2.16. The topological polar surface area (TPSA) is 70.0 Å². The molecule has 0 aromatic heterocycles. The van der Waals surface area contributed by atoms with Crippen molar-refractivity contribution in [3.8, 4) is 6.07 Å². The summed E-state index contributed by atoms with van der Waals surface area (Å²) in [6, 6.07) is 16.5. The van der Waals surface area contributed by atoms with Crippen molar-refractivity contribution in [2.45, 2.75) is 31.1 Å². The van der Waals surface area contributed by atoms with Crippen LogP contribution < -0.4 is 4.72 Å². The second-order valence-corrected chi connectivity index (χ2v) is 7.76. The van der Waals surface area contributed by atoms with Crippen LogP contribution in [-0.2, 0) is 15.8 Å². The molecule has 0 spiro atoms. The molecule has 2 aromatic rings. The molecule has 0 fully saturated rings. The van der Waals surface area contributed by atoms with Crippen LogP contribution >= 0.6 is 0 Å². The molecule has 0 saturated heterocycles. The quantitative estimate of drug-likeness (QED) is 0.938. The Morgan fingerprint density at radius 3 is 2.65 bits per heavy atom. The number of nitrogens with zero attached hydrogens (tertiary/aromatic N) is 1. The molecule has 2 atom stereocenters. The lowest BCUT2D eigenvalue weighted by molar-refractivity contribution is 0.541. The molecule has 0 bridgehead atoms. The molecule has 0 amide bonds. The number of hydrogen-bond donors (Lipinski definition) is 1. The SMILES string of the molecule is C[C@H]1C[C@@H](NS(=O)(=O)Cc2cccc(C#N)c2)c2ccccc21. The van der Waals surface area contributed by atoms with Gasteiger partial charge in [-0.1, -0.05) is 43.3 Å². The predicted octanol–water partition coefficient (Wildman–Crippen LogP) is 3.23. The number of nitrogens with one attached hydrogen (secondary N) is 1. The number of hydrogen-bond acceptors (Lipinski definition) is 3. The fourth-order valence-electron chi connectivity index (χ4n) is 3.20. The van der Waals surface area contributed by atoms with Gasteiger partial charge in [0.1, 0.15) is 0 Å². The summed E-state index contributed by atoms with van der Waals surface area (Å²) in [5.41, 5.74) is 3.37. The zero-order valence-electron chi connectivity index (χ0n) is 12.9. The van der Waals surface area contributed by atoms with Crippen LogP contribution in [0.15, 0.2) is 48.5 Å². The normalized spacial score (nSPS) is 20.0. The summed E-state index contributed by atoms with van der Waals surface area (Å²) >= 11 is 0. The lowest BCUT2D eigenvalue weighted by Gasteiger charge is -2.14. The van der Waals surface area contributed by atoms with Crippen molar-refractivity contribution in [1.29, 1.82) is 5.26 Å². The summed E-state index contributed by atoms with van der Waals surface area (Å²) in [5, 5.41) is 8.91. The van der Waals surface area contributed by atoms with Crippen molar-refractivity contribution >= 4 is 10.0 Å². The van der Waals surface area contributed by atoms with Gasteiger partial charge in [-0.3, -0.25) is 0 Å². The Balaban J connectivity index is 1.79. The number of rotatable bonds is 4. The lowest BCUT2D eigenvalue weighted by atomic mass is 10.0. The van der Waals surface area contributed by atoms with Gasteiger partial charge in [0.05, 0.1) is 17.4 Å². The lowest BCUT2D eigenvalue weighted by Crippen LogP contribution is -2.28. The average Bonchev–Trinajstić information content (AvgIpc) is 2.83. The summed E-state index contributed by atoms with van der Waals surface area (Å²) in [6.45, 7) is 2.11. The minimum atomic E-state index is -3.47. The summed E-state index contributed by atoms with van der Waals surface area (Å²) in [5.74, 6) is 0.232. The first-order chi connectivity index (χ1) is 11.0. The molecule has 0 heterocycles. The third-order valence-electron chi connectivity index (χ3n) is 4.23. The van der Waals surface area contributed by atoms with Gasteiger partial charge < -0.3 is 0 Å². The third kappa shape index (κ3) is 3.44. The summed E-state index contributed by atoms with van der Waals surface area (Å²) < 4.78 is 27.8. The number of fused-ring (bicyclic) bond motifs is 1. The van der Waals surface area contributed by atoms with Crippen LogP contribution in [0.2, 0.25) is 0 Å². The van der Waals surface area contributed by atoms with E-state index >= 15 is 0 Å².